The summed E-state index contributed by atoms with van der Waals surface area (Å²) in [6.45, 7) is 4.05. The van der Waals surface area contributed by atoms with Crippen LogP contribution in [-0.2, 0) is 6.42 Å². The molecule has 1 unspecified atom stereocenters. The van der Waals surface area contributed by atoms with Gasteiger partial charge in [0.1, 0.15) is 5.82 Å². The lowest BCUT2D eigenvalue weighted by Gasteiger charge is -2.18. The van der Waals surface area contributed by atoms with Crippen LogP contribution in [-0.4, -0.2) is 5.88 Å². The lowest BCUT2D eigenvalue weighted by Crippen LogP contribution is -2.07. The number of benzene rings is 2. The first-order valence-corrected chi connectivity index (χ1v) is 7.01. The Labute approximate surface area is 119 Å². The van der Waals surface area contributed by atoms with Crippen LogP contribution in [0, 0.1) is 19.7 Å². The second-order valence-corrected chi connectivity index (χ2v) is 5.29. The first-order chi connectivity index (χ1) is 9.11. The van der Waals surface area contributed by atoms with E-state index in [1.54, 1.807) is 6.07 Å². The van der Waals surface area contributed by atoms with Crippen molar-refractivity contribution in [1.29, 1.82) is 0 Å². The molecule has 0 spiro atoms. The van der Waals surface area contributed by atoms with Gasteiger partial charge in [-0.05, 0) is 54.7 Å². The van der Waals surface area contributed by atoms with Crippen molar-refractivity contribution in [1.82, 2.24) is 0 Å². The molecule has 0 saturated carbocycles. The number of aryl methyl sites for hydroxylation is 2. The Kier molecular flexibility index (Phi) is 4.60. The first-order valence-electron chi connectivity index (χ1n) is 6.48. The van der Waals surface area contributed by atoms with E-state index in [1.165, 1.54) is 17.2 Å². The van der Waals surface area contributed by atoms with Gasteiger partial charge in [-0.3, -0.25) is 0 Å². The van der Waals surface area contributed by atoms with Crippen molar-refractivity contribution >= 4 is 11.6 Å². The molecule has 0 heterocycles. The van der Waals surface area contributed by atoms with Crippen LogP contribution in [0.3, 0.4) is 0 Å². The third kappa shape index (κ3) is 3.36. The smallest absolute Gasteiger partial charge is 0.123 e. The minimum atomic E-state index is -0.181. The maximum Gasteiger partial charge on any atom is 0.123 e. The van der Waals surface area contributed by atoms with Crippen molar-refractivity contribution in [2.24, 2.45) is 0 Å². The highest BCUT2D eigenvalue weighted by Gasteiger charge is 2.14. The summed E-state index contributed by atoms with van der Waals surface area (Å²) in [7, 11) is 0. The van der Waals surface area contributed by atoms with E-state index in [9.17, 15) is 4.39 Å². The molecule has 2 aromatic carbocycles. The molecule has 2 rings (SSSR count). The highest BCUT2D eigenvalue weighted by atomic mass is 35.5. The minimum Gasteiger partial charge on any atom is -0.207 e. The highest BCUT2D eigenvalue weighted by molar-refractivity contribution is 6.18. The van der Waals surface area contributed by atoms with Gasteiger partial charge in [0.05, 0.1) is 0 Å². The fourth-order valence-corrected chi connectivity index (χ4v) is 2.72. The van der Waals surface area contributed by atoms with Crippen LogP contribution in [0.1, 0.15) is 28.2 Å². The van der Waals surface area contributed by atoms with Crippen molar-refractivity contribution in [2.75, 3.05) is 5.88 Å². The largest absolute Gasteiger partial charge is 0.207 e. The van der Waals surface area contributed by atoms with Crippen LogP contribution in [0.4, 0.5) is 4.39 Å². The number of hydrogen-bond donors (Lipinski definition) is 0. The highest BCUT2D eigenvalue weighted by Crippen LogP contribution is 2.26. The zero-order chi connectivity index (χ0) is 13.8. The normalized spacial score (nSPS) is 12.4. The van der Waals surface area contributed by atoms with Crippen LogP contribution >= 0.6 is 11.6 Å². The summed E-state index contributed by atoms with van der Waals surface area (Å²) in [5.74, 6) is 0.661. The van der Waals surface area contributed by atoms with Gasteiger partial charge in [-0.15, -0.1) is 11.6 Å². The van der Waals surface area contributed by atoms with Gasteiger partial charge in [-0.1, -0.05) is 30.3 Å². The summed E-state index contributed by atoms with van der Waals surface area (Å²) in [5, 5.41) is 0. The van der Waals surface area contributed by atoms with Crippen LogP contribution in [0.5, 0.6) is 0 Å². The second-order valence-electron chi connectivity index (χ2n) is 4.98. The summed E-state index contributed by atoms with van der Waals surface area (Å²) < 4.78 is 13.1. The van der Waals surface area contributed by atoms with Gasteiger partial charge in [0.25, 0.3) is 0 Å². The Hall–Kier alpha value is -1.34. The van der Waals surface area contributed by atoms with Crippen LogP contribution in [0.25, 0.3) is 0 Å². The van der Waals surface area contributed by atoms with Gasteiger partial charge in [-0.25, -0.2) is 4.39 Å². The molecule has 0 aliphatic rings. The van der Waals surface area contributed by atoms with Crippen LogP contribution in [0.2, 0.25) is 0 Å². The molecule has 0 radical (unpaired) electrons. The molecule has 0 aromatic heterocycles. The van der Waals surface area contributed by atoms with E-state index in [0.29, 0.717) is 5.88 Å². The van der Waals surface area contributed by atoms with E-state index in [0.717, 1.165) is 17.5 Å². The second kappa shape index (κ2) is 6.21. The molecule has 19 heavy (non-hydrogen) atoms. The fourth-order valence-electron chi connectivity index (χ4n) is 2.45. The molecule has 0 aliphatic heterocycles. The maximum atomic E-state index is 13.1. The Balaban J connectivity index is 2.27. The predicted octanol–water partition coefficient (Wildman–Crippen LogP) is 5.01. The first kappa shape index (κ1) is 14.1. The number of halogens is 2. The van der Waals surface area contributed by atoms with Crippen molar-refractivity contribution in [3.05, 3.63) is 70.5 Å². The molecule has 1 atom stereocenters. The SMILES string of the molecule is Cc1cc(F)ccc1CC(CCl)c1ccccc1C. The standard InChI is InChI=1S/C17H18ClF/c1-12-5-3-4-6-17(12)15(11-18)10-14-7-8-16(19)9-13(14)2/h3-9,15H,10-11H2,1-2H3. The lowest BCUT2D eigenvalue weighted by atomic mass is 9.89. The van der Waals surface area contributed by atoms with E-state index in [1.807, 2.05) is 25.1 Å². The van der Waals surface area contributed by atoms with Gasteiger partial charge in [0.15, 0.2) is 0 Å². The van der Waals surface area contributed by atoms with Crippen molar-refractivity contribution in [3.63, 3.8) is 0 Å². The Morgan fingerprint density at radius 2 is 1.79 bits per heavy atom. The molecule has 0 aliphatic carbocycles. The maximum absolute atomic E-state index is 13.1. The fraction of sp³-hybridized carbons (Fsp3) is 0.294. The summed E-state index contributed by atoms with van der Waals surface area (Å²) in [4.78, 5) is 0. The summed E-state index contributed by atoms with van der Waals surface area (Å²) in [5.41, 5.74) is 4.69. The van der Waals surface area contributed by atoms with Crippen molar-refractivity contribution in [2.45, 2.75) is 26.2 Å². The quantitative estimate of drug-likeness (QED) is 0.689. The topological polar surface area (TPSA) is 0 Å². The van der Waals surface area contributed by atoms with Crippen LogP contribution in [0.15, 0.2) is 42.5 Å². The molecular weight excluding hydrogens is 259 g/mol. The average molecular weight is 277 g/mol. The lowest BCUT2D eigenvalue weighted by molar-refractivity contribution is 0.624. The Morgan fingerprint density at radius 3 is 2.42 bits per heavy atom. The summed E-state index contributed by atoms with van der Waals surface area (Å²) >= 11 is 6.13. The number of alkyl halides is 1. The predicted molar refractivity (Wildman–Crippen MR) is 79.5 cm³/mol. The molecule has 2 aromatic rings. The molecule has 0 N–H and O–H groups in total. The molecule has 0 nitrogen and oxygen atoms in total. The third-order valence-corrected chi connectivity index (χ3v) is 3.96. The Bertz CT molecular complexity index is 563. The van der Waals surface area contributed by atoms with Gasteiger partial charge in [0, 0.05) is 11.8 Å². The number of hydrogen-bond acceptors (Lipinski definition) is 0. The molecular formula is C17H18ClF. The number of rotatable bonds is 4. The summed E-state index contributed by atoms with van der Waals surface area (Å²) in [6, 6.07) is 13.3. The van der Waals surface area contributed by atoms with E-state index in [4.69, 9.17) is 11.6 Å². The van der Waals surface area contributed by atoms with E-state index in [-0.39, 0.29) is 11.7 Å². The van der Waals surface area contributed by atoms with Gasteiger partial charge >= 0.3 is 0 Å². The van der Waals surface area contributed by atoms with Gasteiger partial charge in [-0.2, -0.15) is 0 Å². The monoisotopic (exact) mass is 276 g/mol. The van der Waals surface area contributed by atoms with E-state index in [2.05, 4.69) is 19.1 Å². The average Bonchev–Trinajstić information content (AvgIpc) is 2.39. The van der Waals surface area contributed by atoms with Gasteiger partial charge < -0.3 is 0 Å². The third-order valence-electron chi connectivity index (χ3n) is 3.59. The van der Waals surface area contributed by atoms with E-state index < -0.39 is 0 Å². The molecule has 0 saturated heterocycles. The minimum absolute atomic E-state index is 0.181. The molecule has 0 amide bonds. The zero-order valence-electron chi connectivity index (χ0n) is 11.3. The van der Waals surface area contributed by atoms with Crippen LogP contribution < -0.4 is 0 Å². The molecule has 0 fully saturated rings. The zero-order valence-corrected chi connectivity index (χ0v) is 12.0. The van der Waals surface area contributed by atoms with Gasteiger partial charge in [0.2, 0.25) is 0 Å². The molecule has 100 valence electrons. The van der Waals surface area contributed by atoms with E-state index >= 15 is 0 Å². The molecule has 0 bridgehead atoms. The molecule has 2 heteroatoms. The Morgan fingerprint density at radius 1 is 1.05 bits per heavy atom. The van der Waals surface area contributed by atoms with Crippen molar-refractivity contribution in [3.8, 4) is 0 Å². The summed E-state index contributed by atoms with van der Waals surface area (Å²) in [6.07, 6.45) is 0.848. The van der Waals surface area contributed by atoms with Crippen molar-refractivity contribution < 1.29 is 4.39 Å².